The van der Waals surface area contributed by atoms with E-state index in [0.717, 1.165) is 95.5 Å². The number of anilines is 3. The van der Waals surface area contributed by atoms with Gasteiger partial charge in [0.15, 0.2) is 11.5 Å². The molecule has 16 nitrogen and oxygen atoms in total. The lowest BCUT2D eigenvalue weighted by Gasteiger charge is -2.58. The van der Waals surface area contributed by atoms with Gasteiger partial charge in [0.25, 0.3) is 5.91 Å². The van der Waals surface area contributed by atoms with E-state index in [4.69, 9.17) is 18.5 Å². The Bertz CT molecular complexity index is 2950. The van der Waals surface area contributed by atoms with Crippen LogP contribution in [0.2, 0.25) is 0 Å². The molecule has 76 heavy (non-hydrogen) atoms. The van der Waals surface area contributed by atoms with Gasteiger partial charge in [-0.25, -0.2) is 24.0 Å². The van der Waals surface area contributed by atoms with Crippen molar-refractivity contribution in [3.8, 4) is 23.1 Å². The summed E-state index contributed by atoms with van der Waals surface area (Å²) in [5.41, 5.74) is 8.18. The molecule has 1 amide bonds. The number of rotatable bonds is 18. The molecule has 5 aliphatic rings. The standard InChI is InChI=1S/C58H70FN8O8S/c1-6-40-9-7-8-10-45(40)50-37-65(36-39-17-22-60-54(27-39)73-5)25-26-67(50)43-32-58(33-43)20-23-66(24-21-58)42-12-13-46(51(29-42)74-53-31-47-41(11-14-48(47)59)28-52(53)72-4)56(68)63-75-76(71)44-30-49(64(3)70)55(62-35-44)61-34-38-15-18-57(2,69)19-16-38/h7-10,12-14,17,22,27-31,35,38,43,50,69H,6,11,15-16,18-21,23-26,32-34,36-37H2,1-5H3,(H,61,62)(H,63,68)/q-1. The number of carbonyl (C=O) groups is 1. The number of pyridine rings is 2. The normalized spacial score (nSPS) is 22.1. The lowest BCUT2D eigenvalue weighted by molar-refractivity contribution is -0.0627. The van der Waals surface area contributed by atoms with Gasteiger partial charge in [0.05, 0.1) is 36.0 Å². The fourth-order valence-electron chi connectivity index (χ4n) is 12.1. The average Bonchev–Trinajstić information content (AvgIpc) is 3.80. The summed E-state index contributed by atoms with van der Waals surface area (Å²) in [5, 5.41) is 26.9. The number of hydroxylamine groups is 2. The van der Waals surface area contributed by atoms with Gasteiger partial charge < -0.3 is 39.8 Å². The summed E-state index contributed by atoms with van der Waals surface area (Å²) in [6.07, 6.45) is 13.5. The third-order valence-electron chi connectivity index (χ3n) is 16.6. The number of nitrogens with one attached hydrogen (secondary N) is 2. The van der Waals surface area contributed by atoms with Crippen LogP contribution in [-0.4, -0.2) is 107 Å². The number of piperidine rings is 1. The number of fused-ring (bicyclic) bond motifs is 1. The lowest BCUT2D eigenvalue weighted by atomic mass is 9.59. The van der Waals surface area contributed by atoms with Crippen molar-refractivity contribution in [3.63, 3.8) is 0 Å². The number of aromatic nitrogens is 2. The number of nitrogens with zero attached hydrogens (tertiary/aromatic N) is 6. The first-order chi connectivity index (χ1) is 36.7. The number of ether oxygens (including phenoxy) is 3. The molecule has 4 heterocycles. The maximum absolute atomic E-state index is 15.0. The van der Waals surface area contributed by atoms with E-state index in [1.165, 1.54) is 49.2 Å². The van der Waals surface area contributed by atoms with Crippen LogP contribution in [0, 0.1) is 16.5 Å². The highest BCUT2D eigenvalue weighted by atomic mass is 32.2. The van der Waals surface area contributed by atoms with Gasteiger partial charge in [-0.3, -0.25) is 14.6 Å². The molecule has 10 rings (SSSR count). The van der Waals surface area contributed by atoms with Crippen molar-refractivity contribution in [3.05, 3.63) is 130 Å². The average molecular weight is 1060 g/mol. The molecule has 2 unspecified atom stereocenters. The Kier molecular flexibility index (Phi) is 16.0. The van der Waals surface area contributed by atoms with Crippen LogP contribution in [0.1, 0.15) is 109 Å². The fraction of sp³-hybridized carbons (Fsp3) is 0.466. The summed E-state index contributed by atoms with van der Waals surface area (Å²) in [4.78, 5) is 30.5. The molecule has 18 heteroatoms. The van der Waals surface area contributed by atoms with Crippen molar-refractivity contribution in [1.82, 2.24) is 25.2 Å². The number of piperazine rings is 1. The van der Waals surface area contributed by atoms with E-state index in [0.29, 0.717) is 65.8 Å². The molecule has 2 aliphatic heterocycles. The van der Waals surface area contributed by atoms with E-state index in [2.05, 4.69) is 72.7 Å². The summed E-state index contributed by atoms with van der Waals surface area (Å²) < 4.78 is 51.7. The highest BCUT2D eigenvalue weighted by molar-refractivity contribution is 7.80. The second kappa shape index (κ2) is 22.8. The predicted molar refractivity (Wildman–Crippen MR) is 293 cm³/mol. The number of aryl methyl sites for hydroxylation is 1. The van der Waals surface area contributed by atoms with Crippen molar-refractivity contribution in [2.24, 2.45) is 11.3 Å². The summed E-state index contributed by atoms with van der Waals surface area (Å²) in [6.45, 7) is 10.1. The number of halogens is 1. The summed E-state index contributed by atoms with van der Waals surface area (Å²) in [6, 6.07) is 23.9. The Morgan fingerprint density at radius 3 is 2.49 bits per heavy atom. The van der Waals surface area contributed by atoms with Gasteiger partial charge >= 0.3 is 0 Å². The van der Waals surface area contributed by atoms with Crippen molar-refractivity contribution < 1.29 is 37.0 Å². The van der Waals surface area contributed by atoms with Crippen LogP contribution in [0.25, 0.3) is 5.83 Å². The van der Waals surface area contributed by atoms with Gasteiger partial charge in [0, 0.05) is 93.7 Å². The minimum atomic E-state index is -2.27. The molecule has 2 saturated heterocycles. The van der Waals surface area contributed by atoms with Crippen LogP contribution in [0.3, 0.4) is 0 Å². The van der Waals surface area contributed by atoms with Crippen LogP contribution >= 0.6 is 0 Å². The maximum atomic E-state index is 15.0. The van der Waals surface area contributed by atoms with Gasteiger partial charge in [-0.1, -0.05) is 31.2 Å². The molecule has 5 aromatic rings. The van der Waals surface area contributed by atoms with Crippen LogP contribution in [-0.2, 0) is 34.8 Å². The second-order valence-corrected chi connectivity index (χ2v) is 22.7. The van der Waals surface area contributed by atoms with E-state index in [9.17, 15) is 23.7 Å². The number of allylic oxidation sites excluding steroid dienone is 1. The second-order valence-electron chi connectivity index (χ2n) is 21.6. The largest absolute Gasteiger partial charge is 0.758 e. The predicted octanol–water partition coefficient (Wildman–Crippen LogP) is 9.69. The minimum absolute atomic E-state index is 0.0607. The van der Waals surface area contributed by atoms with Crippen LogP contribution < -0.4 is 35.0 Å². The number of methoxy groups -OCH3 is 2. The first-order valence-corrected chi connectivity index (χ1v) is 27.7. The molecule has 2 atom stereocenters. The van der Waals surface area contributed by atoms with E-state index < -0.39 is 22.6 Å². The molecular formula is C58H70FN8O8S-. The Morgan fingerprint density at radius 1 is 0.947 bits per heavy atom. The van der Waals surface area contributed by atoms with E-state index in [-0.39, 0.29) is 44.9 Å². The number of aliphatic hydroxyl groups is 1. The Balaban J connectivity index is 0.821. The molecule has 3 aromatic carbocycles. The molecule has 2 aromatic heterocycles. The van der Waals surface area contributed by atoms with Crippen molar-refractivity contribution >= 4 is 40.0 Å². The molecule has 3 N–H and O–H groups in total. The van der Waals surface area contributed by atoms with Gasteiger partial charge in [-0.05, 0) is 154 Å². The van der Waals surface area contributed by atoms with Crippen molar-refractivity contribution in [2.75, 3.05) is 75.8 Å². The Morgan fingerprint density at radius 2 is 1.74 bits per heavy atom. The van der Waals surface area contributed by atoms with Crippen molar-refractivity contribution in [2.45, 2.75) is 107 Å². The highest BCUT2D eigenvalue weighted by Gasteiger charge is 2.50. The van der Waals surface area contributed by atoms with Gasteiger partial charge in [0.1, 0.15) is 17.4 Å². The number of amides is 1. The molecule has 1 spiro atoms. The molecule has 3 aliphatic carbocycles. The third-order valence-corrected chi connectivity index (χ3v) is 17.5. The number of carbonyl (C=O) groups excluding carboxylic acids is 1. The summed E-state index contributed by atoms with van der Waals surface area (Å²) in [7, 11) is 4.49. The van der Waals surface area contributed by atoms with Gasteiger partial charge in [-0.15, -0.1) is 0 Å². The van der Waals surface area contributed by atoms with Crippen molar-refractivity contribution in [1.29, 1.82) is 0 Å². The quantitative estimate of drug-likeness (QED) is 0.0707. The van der Waals surface area contributed by atoms with E-state index >= 15 is 0 Å². The van der Waals surface area contributed by atoms with Gasteiger partial charge in [0.2, 0.25) is 17.0 Å². The van der Waals surface area contributed by atoms with E-state index in [1.807, 2.05) is 31.3 Å². The smallest absolute Gasteiger partial charge is 0.279 e. The van der Waals surface area contributed by atoms with Gasteiger partial charge in [-0.2, -0.15) is 4.28 Å². The molecule has 4 fully saturated rings. The van der Waals surface area contributed by atoms with Crippen LogP contribution in [0.4, 0.5) is 21.6 Å². The molecule has 0 radical (unpaired) electrons. The molecular weight excluding hydrogens is 988 g/mol. The Labute approximate surface area is 447 Å². The Hall–Kier alpha value is -6.15. The van der Waals surface area contributed by atoms with Crippen LogP contribution in [0.5, 0.6) is 23.1 Å². The number of benzene rings is 3. The third kappa shape index (κ3) is 11.7. The SMILES string of the molecule is CCc1ccccc1C1CN(Cc2ccnc(OC)c2)CCN1C1CC2(CCN(c3ccc(C(=O)NOS(=O)c4cnc(NCC5CCC(C)(O)CC5)c(N(C)[O-])c4)c(Oc4cc5c(cc4OC)CC=C5F)c3)CC2)C1. The zero-order valence-corrected chi connectivity index (χ0v) is 45.0. The highest BCUT2D eigenvalue weighted by Crippen LogP contribution is 2.53. The molecule has 2 saturated carbocycles. The topological polar surface area (TPSA) is 177 Å². The zero-order valence-electron chi connectivity index (χ0n) is 44.2. The van der Waals surface area contributed by atoms with E-state index in [1.54, 1.807) is 25.3 Å². The maximum Gasteiger partial charge on any atom is 0.279 e. The number of hydrogen-bond donors (Lipinski definition) is 3. The van der Waals surface area contributed by atoms with Crippen LogP contribution in [0.15, 0.2) is 96.2 Å². The molecule has 0 bridgehead atoms. The number of hydrogen-bond acceptors (Lipinski definition) is 15. The summed E-state index contributed by atoms with van der Waals surface area (Å²) >= 11 is -2.27. The zero-order chi connectivity index (χ0) is 53.1. The molecule has 404 valence electrons. The summed E-state index contributed by atoms with van der Waals surface area (Å²) in [5.74, 6) is 0.934. The first kappa shape index (κ1) is 53.3. The minimum Gasteiger partial charge on any atom is -0.758 e. The lowest BCUT2D eigenvalue weighted by Crippen LogP contribution is -2.59. The first-order valence-electron chi connectivity index (χ1n) is 26.7. The monoisotopic (exact) mass is 1060 g/mol. The fourth-order valence-corrected chi connectivity index (χ4v) is 12.7.